The van der Waals surface area contributed by atoms with E-state index in [1.807, 2.05) is 0 Å². The fourth-order valence-corrected chi connectivity index (χ4v) is 15.8. The standard InChI is InChI=1S/C26H48P2.2BF4/c1-5-13-23(14-6-1)27(24-15-7-2-8-16-24)21-22-28(25-17-9-3-10-18-25)26-19-11-4-12-20-26;2*2-1(3,4)5/h23-26H,1-22H2;;/q;2*-1. The van der Waals surface area contributed by atoms with Gasteiger partial charge in [0, 0.05) is 0 Å². The van der Waals surface area contributed by atoms with Gasteiger partial charge in [-0.3, -0.25) is 0 Å². The lowest BCUT2D eigenvalue weighted by molar-refractivity contribution is 0.366. The van der Waals surface area contributed by atoms with Gasteiger partial charge in [-0.25, -0.2) is 0 Å². The van der Waals surface area contributed by atoms with E-state index in [0.717, 1.165) is 0 Å². The zero-order chi connectivity index (χ0) is 28.0. The van der Waals surface area contributed by atoms with Crippen molar-refractivity contribution in [2.75, 3.05) is 12.3 Å². The zero-order valence-corrected chi connectivity index (χ0v) is 24.7. The quantitative estimate of drug-likeness (QED) is 0.156. The number of hydrogen-bond donors (Lipinski definition) is 0. The van der Waals surface area contributed by atoms with Crippen molar-refractivity contribution in [1.82, 2.24) is 0 Å². The summed E-state index contributed by atoms with van der Waals surface area (Å²) in [4.78, 5) is 0. The van der Waals surface area contributed by atoms with E-state index in [1.165, 1.54) is 22.6 Å². The highest BCUT2D eigenvalue weighted by atomic mass is 31.1. The van der Waals surface area contributed by atoms with E-state index in [9.17, 15) is 34.5 Å². The van der Waals surface area contributed by atoms with E-state index in [1.54, 1.807) is 141 Å². The average molecular weight is 596 g/mol. The predicted molar refractivity (Wildman–Crippen MR) is 151 cm³/mol. The summed E-state index contributed by atoms with van der Waals surface area (Å²) in [6.45, 7) is 0. The van der Waals surface area contributed by atoms with E-state index in [4.69, 9.17) is 0 Å². The molecule has 4 saturated carbocycles. The molecule has 0 aromatic heterocycles. The molecule has 4 aliphatic carbocycles. The Morgan fingerprint density at radius 2 is 0.500 bits per heavy atom. The van der Waals surface area contributed by atoms with Crippen LogP contribution in [-0.4, -0.2) is 49.5 Å². The second-order valence-electron chi connectivity index (χ2n) is 11.6. The Balaban J connectivity index is 0.000000435. The van der Waals surface area contributed by atoms with Gasteiger partial charge in [-0.2, -0.15) is 0 Å². The maximum atomic E-state index is 9.75. The van der Waals surface area contributed by atoms with Gasteiger partial charge in [0.2, 0.25) is 0 Å². The summed E-state index contributed by atoms with van der Waals surface area (Å²) in [6, 6.07) is 0. The molecule has 12 heteroatoms. The highest BCUT2D eigenvalue weighted by Gasteiger charge is 2.35. The number of halogens is 8. The Morgan fingerprint density at radius 3 is 0.658 bits per heavy atom. The van der Waals surface area contributed by atoms with E-state index in [2.05, 4.69) is 0 Å². The summed E-state index contributed by atoms with van der Waals surface area (Å²) >= 11 is 0. The van der Waals surface area contributed by atoms with Crippen LogP contribution in [0.15, 0.2) is 0 Å². The molecule has 0 N–H and O–H groups in total. The van der Waals surface area contributed by atoms with Gasteiger partial charge in [0.15, 0.2) is 0 Å². The molecule has 226 valence electrons. The number of hydrogen-bond acceptors (Lipinski definition) is 0. The molecule has 0 nitrogen and oxygen atoms in total. The lowest BCUT2D eigenvalue weighted by atomic mass is 9.99. The van der Waals surface area contributed by atoms with Gasteiger partial charge in [-0.05, 0) is 86.3 Å². The van der Waals surface area contributed by atoms with Crippen molar-refractivity contribution >= 4 is 30.4 Å². The van der Waals surface area contributed by atoms with Crippen LogP contribution in [-0.2, 0) is 0 Å². The largest absolute Gasteiger partial charge is 0.673 e. The van der Waals surface area contributed by atoms with Crippen LogP contribution in [0.3, 0.4) is 0 Å². The molecular weight excluding hydrogens is 548 g/mol. The molecule has 0 bridgehead atoms. The van der Waals surface area contributed by atoms with E-state index < -0.39 is 14.5 Å². The van der Waals surface area contributed by atoms with Gasteiger partial charge in [0.25, 0.3) is 0 Å². The van der Waals surface area contributed by atoms with Crippen molar-refractivity contribution in [2.24, 2.45) is 0 Å². The monoisotopic (exact) mass is 596 g/mol. The maximum Gasteiger partial charge on any atom is 0.673 e. The summed E-state index contributed by atoms with van der Waals surface area (Å²) in [5, 5.41) is 0. The topological polar surface area (TPSA) is 0 Å². The Morgan fingerprint density at radius 1 is 0.342 bits per heavy atom. The van der Waals surface area contributed by atoms with Crippen LogP contribution in [0.4, 0.5) is 34.5 Å². The molecule has 0 atom stereocenters. The molecule has 0 spiro atoms. The third-order valence-electron chi connectivity index (χ3n) is 8.79. The molecule has 0 heterocycles. The fraction of sp³-hybridized carbons (Fsp3) is 1.00. The Labute approximate surface area is 228 Å². The summed E-state index contributed by atoms with van der Waals surface area (Å²) in [7, 11) is -11.3. The fourth-order valence-electron chi connectivity index (χ4n) is 7.21. The molecular formula is C26H48B2F8P2-2. The third-order valence-corrected chi connectivity index (χ3v) is 16.4. The number of rotatable bonds is 7. The van der Waals surface area contributed by atoms with Crippen molar-refractivity contribution in [3.63, 3.8) is 0 Å². The van der Waals surface area contributed by atoms with Crippen molar-refractivity contribution in [3.05, 3.63) is 0 Å². The zero-order valence-electron chi connectivity index (χ0n) is 22.9. The smallest absolute Gasteiger partial charge is 0.418 e. The van der Waals surface area contributed by atoms with Gasteiger partial charge in [-0.15, -0.1) is 0 Å². The molecule has 0 unspecified atom stereocenters. The second kappa shape index (κ2) is 18.1. The molecule has 0 aromatic carbocycles. The molecule has 0 aliphatic heterocycles. The van der Waals surface area contributed by atoms with Crippen molar-refractivity contribution in [2.45, 2.75) is 151 Å². The first-order valence-corrected chi connectivity index (χ1v) is 18.5. The minimum absolute atomic E-state index is 0.345. The first-order valence-electron chi connectivity index (χ1n) is 15.2. The predicted octanol–water partition coefficient (Wildman–Crippen LogP) is 11.9. The average Bonchev–Trinajstić information content (AvgIpc) is 2.87. The molecule has 4 fully saturated rings. The van der Waals surface area contributed by atoms with Gasteiger partial charge in [0.1, 0.15) is 0 Å². The molecule has 0 aromatic rings. The Bertz CT molecular complexity index is 499. The lowest BCUT2D eigenvalue weighted by Crippen LogP contribution is -2.26. The highest BCUT2D eigenvalue weighted by Crippen LogP contribution is 2.61. The lowest BCUT2D eigenvalue weighted by Gasteiger charge is -2.42. The summed E-state index contributed by atoms with van der Waals surface area (Å²) < 4.78 is 78.0. The molecule has 4 rings (SSSR count). The summed E-state index contributed by atoms with van der Waals surface area (Å²) in [5.74, 6) is 0. The minimum Gasteiger partial charge on any atom is -0.418 e. The van der Waals surface area contributed by atoms with Gasteiger partial charge >= 0.3 is 14.5 Å². The molecule has 0 radical (unpaired) electrons. The van der Waals surface area contributed by atoms with Crippen LogP contribution >= 0.6 is 15.8 Å². The van der Waals surface area contributed by atoms with Gasteiger partial charge in [-0.1, -0.05) is 92.9 Å². The first kappa shape index (κ1) is 34.6. The van der Waals surface area contributed by atoms with Crippen LogP contribution in [0.2, 0.25) is 0 Å². The first-order chi connectivity index (χ1) is 17.9. The summed E-state index contributed by atoms with van der Waals surface area (Å²) in [6.07, 6.45) is 35.1. The van der Waals surface area contributed by atoms with Crippen LogP contribution in [0, 0.1) is 0 Å². The van der Waals surface area contributed by atoms with Crippen LogP contribution in [0.25, 0.3) is 0 Å². The molecule has 4 aliphatic rings. The normalized spacial score (nSPS) is 23.5. The maximum absolute atomic E-state index is 9.75. The molecule has 0 saturated heterocycles. The molecule has 38 heavy (non-hydrogen) atoms. The van der Waals surface area contributed by atoms with Gasteiger partial charge in [0.05, 0.1) is 0 Å². The van der Waals surface area contributed by atoms with Crippen LogP contribution in [0.5, 0.6) is 0 Å². The Hall–Kier alpha value is 0.430. The van der Waals surface area contributed by atoms with E-state index in [0.29, 0.717) is 15.8 Å². The summed E-state index contributed by atoms with van der Waals surface area (Å²) in [5.41, 5.74) is 4.73. The van der Waals surface area contributed by atoms with Crippen LogP contribution < -0.4 is 0 Å². The Kier molecular flexibility index (Phi) is 16.5. The minimum atomic E-state index is -6.00. The third kappa shape index (κ3) is 16.0. The van der Waals surface area contributed by atoms with Crippen LogP contribution in [0.1, 0.15) is 128 Å². The van der Waals surface area contributed by atoms with Gasteiger partial charge < -0.3 is 34.5 Å². The van der Waals surface area contributed by atoms with Crippen molar-refractivity contribution < 1.29 is 34.5 Å². The highest BCUT2D eigenvalue weighted by molar-refractivity contribution is 7.63. The second-order valence-corrected chi connectivity index (χ2v) is 17.5. The van der Waals surface area contributed by atoms with E-state index >= 15 is 0 Å². The van der Waals surface area contributed by atoms with Crippen molar-refractivity contribution in [1.29, 1.82) is 0 Å². The van der Waals surface area contributed by atoms with Crippen molar-refractivity contribution in [3.8, 4) is 0 Å². The SMILES string of the molecule is C1CCC(P(CCP(C2CCCCC2)C2CCCCC2)C2CCCCC2)CC1.F[B-](F)(F)F.F[B-](F)(F)F. The molecule has 0 amide bonds. The van der Waals surface area contributed by atoms with E-state index in [-0.39, 0.29) is 0 Å².